The van der Waals surface area contributed by atoms with Crippen LogP contribution in [-0.4, -0.2) is 18.5 Å². The molecule has 0 amide bonds. The molecule has 1 heterocycles. The summed E-state index contributed by atoms with van der Waals surface area (Å²) in [5, 5.41) is 0. The van der Waals surface area contributed by atoms with E-state index in [0.717, 1.165) is 21.5 Å². The van der Waals surface area contributed by atoms with E-state index < -0.39 is 0 Å². The van der Waals surface area contributed by atoms with Crippen molar-refractivity contribution in [3.8, 4) is 0 Å². The van der Waals surface area contributed by atoms with Crippen molar-refractivity contribution in [2.75, 3.05) is 6.61 Å². The van der Waals surface area contributed by atoms with E-state index in [1.807, 2.05) is 19.1 Å². The van der Waals surface area contributed by atoms with Crippen LogP contribution in [0, 0.1) is 0 Å². The van der Waals surface area contributed by atoms with E-state index in [1.165, 1.54) is 0 Å². The molecule has 1 aromatic rings. The van der Waals surface area contributed by atoms with Gasteiger partial charge in [0.2, 0.25) is 0 Å². The first kappa shape index (κ1) is 13.9. The van der Waals surface area contributed by atoms with Crippen molar-refractivity contribution in [1.82, 2.24) is 0 Å². The van der Waals surface area contributed by atoms with Crippen LogP contribution in [0.2, 0.25) is 0 Å². The third-order valence-corrected chi connectivity index (χ3v) is 3.88. The molecular weight excluding hydrogens is 288 g/mol. The number of rotatable bonds is 7. The second-order valence-electron chi connectivity index (χ2n) is 3.58. The van der Waals surface area contributed by atoms with Gasteiger partial charge in [0.1, 0.15) is 6.10 Å². The molecule has 1 atom stereocenters. The standard InChI is InChI=1S/C12H17BrO2S/c1-3-5-11(15-4-2)10(14)8-9-6-7-12(13)16-9/h6-7,11H,3-5,8H2,1-2H3. The Balaban J connectivity index is 2.54. The second-order valence-corrected chi connectivity index (χ2v) is 6.13. The van der Waals surface area contributed by atoms with Gasteiger partial charge in [-0.3, -0.25) is 4.79 Å². The minimum Gasteiger partial charge on any atom is -0.371 e. The van der Waals surface area contributed by atoms with E-state index in [9.17, 15) is 4.79 Å². The maximum absolute atomic E-state index is 12.0. The minimum atomic E-state index is -0.226. The lowest BCUT2D eigenvalue weighted by molar-refractivity contribution is -0.130. The Kier molecular flexibility index (Phi) is 6.24. The fraction of sp³-hybridized carbons (Fsp3) is 0.583. The van der Waals surface area contributed by atoms with Crippen molar-refractivity contribution >= 4 is 33.0 Å². The van der Waals surface area contributed by atoms with Crippen LogP contribution in [0.5, 0.6) is 0 Å². The highest BCUT2D eigenvalue weighted by molar-refractivity contribution is 9.11. The van der Waals surface area contributed by atoms with E-state index in [2.05, 4.69) is 22.9 Å². The van der Waals surface area contributed by atoms with Gasteiger partial charge in [-0.15, -0.1) is 11.3 Å². The Morgan fingerprint density at radius 1 is 1.50 bits per heavy atom. The molecule has 0 aromatic carbocycles. The number of hydrogen-bond donors (Lipinski definition) is 0. The molecule has 1 rings (SSSR count). The average molecular weight is 305 g/mol. The fourth-order valence-corrected chi connectivity index (χ4v) is 3.03. The van der Waals surface area contributed by atoms with Crippen molar-refractivity contribution in [2.45, 2.75) is 39.2 Å². The summed E-state index contributed by atoms with van der Waals surface area (Å²) in [6.07, 6.45) is 2.06. The molecule has 4 heteroatoms. The zero-order valence-corrected chi connectivity index (χ0v) is 12.1. The van der Waals surface area contributed by atoms with Crippen LogP contribution in [-0.2, 0) is 16.0 Å². The molecule has 0 saturated carbocycles. The lowest BCUT2D eigenvalue weighted by Crippen LogP contribution is -2.25. The molecule has 0 fully saturated rings. The number of halogens is 1. The highest BCUT2D eigenvalue weighted by atomic mass is 79.9. The van der Waals surface area contributed by atoms with Gasteiger partial charge >= 0.3 is 0 Å². The SMILES string of the molecule is CCCC(OCC)C(=O)Cc1ccc(Br)s1. The highest BCUT2D eigenvalue weighted by Gasteiger charge is 2.18. The van der Waals surface area contributed by atoms with Crippen LogP contribution in [0.15, 0.2) is 15.9 Å². The molecule has 0 aliphatic carbocycles. The Morgan fingerprint density at radius 3 is 2.75 bits per heavy atom. The zero-order valence-electron chi connectivity index (χ0n) is 9.66. The molecule has 0 spiro atoms. The van der Waals surface area contributed by atoms with Crippen molar-refractivity contribution < 1.29 is 9.53 Å². The van der Waals surface area contributed by atoms with E-state index in [0.29, 0.717) is 13.0 Å². The number of carbonyl (C=O) groups excluding carboxylic acids is 1. The Morgan fingerprint density at radius 2 is 2.25 bits per heavy atom. The minimum absolute atomic E-state index is 0.193. The van der Waals surface area contributed by atoms with Gasteiger partial charge < -0.3 is 4.74 Å². The summed E-state index contributed by atoms with van der Waals surface area (Å²) < 4.78 is 6.53. The molecular formula is C12H17BrO2S. The molecule has 16 heavy (non-hydrogen) atoms. The monoisotopic (exact) mass is 304 g/mol. The van der Waals surface area contributed by atoms with E-state index >= 15 is 0 Å². The summed E-state index contributed by atoms with van der Waals surface area (Å²) in [7, 11) is 0. The molecule has 0 N–H and O–H groups in total. The molecule has 0 bridgehead atoms. The summed E-state index contributed by atoms with van der Waals surface area (Å²) in [6, 6.07) is 3.96. The van der Waals surface area contributed by atoms with Crippen LogP contribution in [0.3, 0.4) is 0 Å². The van der Waals surface area contributed by atoms with Gasteiger partial charge in [0.15, 0.2) is 5.78 Å². The van der Waals surface area contributed by atoms with Crippen LogP contribution in [0.1, 0.15) is 31.6 Å². The summed E-state index contributed by atoms with van der Waals surface area (Å²) in [5.74, 6) is 0.193. The van der Waals surface area contributed by atoms with Crippen LogP contribution in [0.4, 0.5) is 0 Å². The summed E-state index contributed by atoms with van der Waals surface area (Å²) in [4.78, 5) is 13.1. The highest BCUT2D eigenvalue weighted by Crippen LogP contribution is 2.23. The number of Topliss-reactive ketones (excluding diaryl/α,β-unsaturated/α-hetero) is 1. The molecule has 0 radical (unpaired) electrons. The average Bonchev–Trinajstić information content (AvgIpc) is 2.63. The first-order valence-electron chi connectivity index (χ1n) is 5.55. The van der Waals surface area contributed by atoms with Gasteiger partial charge in [-0.05, 0) is 41.4 Å². The molecule has 0 saturated heterocycles. The third kappa shape index (κ3) is 4.36. The molecule has 0 aliphatic heterocycles. The van der Waals surface area contributed by atoms with Gasteiger partial charge in [-0.2, -0.15) is 0 Å². The number of ether oxygens (including phenoxy) is 1. The number of hydrogen-bond acceptors (Lipinski definition) is 3. The van der Waals surface area contributed by atoms with Crippen molar-refractivity contribution in [1.29, 1.82) is 0 Å². The second kappa shape index (κ2) is 7.20. The number of carbonyl (C=O) groups is 1. The van der Waals surface area contributed by atoms with Gasteiger partial charge in [0, 0.05) is 17.9 Å². The third-order valence-electron chi connectivity index (χ3n) is 2.26. The predicted molar refractivity (Wildman–Crippen MR) is 71.1 cm³/mol. The fourth-order valence-electron chi connectivity index (χ4n) is 1.53. The topological polar surface area (TPSA) is 26.3 Å². The van der Waals surface area contributed by atoms with E-state index in [4.69, 9.17) is 4.74 Å². The normalized spacial score (nSPS) is 12.7. The summed E-state index contributed by atoms with van der Waals surface area (Å²) >= 11 is 5.01. The first-order chi connectivity index (χ1) is 7.67. The number of ketones is 1. The van der Waals surface area contributed by atoms with Crippen molar-refractivity contribution in [3.63, 3.8) is 0 Å². The zero-order chi connectivity index (χ0) is 12.0. The smallest absolute Gasteiger partial charge is 0.166 e. The van der Waals surface area contributed by atoms with E-state index in [1.54, 1.807) is 11.3 Å². The predicted octanol–water partition coefficient (Wildman–Crippen LogP) is 3.83. The molecule has 1 aromatic heterocycles. The Bertz CT molecular complexity index is 330. The lowest BCUT2D eigenvalue weighted by atomic mass is 10.1. The maximum Gasteiger partial charge on any atom is 0.166 e. The van der Waals surface area contributed by atoms with E-state index in [-0.39, 0.29) is 11.9 Å². The summed E-state index contributed by atoms with van der Waals surface area (Å²) in [5.41, 5.74) is 0. The molecule has 0 aliphatic rings. The Hall–Kier alpha value is -0.190. The van der Waals surface area contributed by atoms with Gasteiger partial charge in [0.05, 0.1) is 3.79 Å². The van der Waals surface area contributed by atoms with Crippen molar-refractivity contribution in [2.24, 2.45) is 0 Å². The van der Waals surface area contributed by atoms with Gasteiger partial charge in [-0.1, -0.05) is 13.3 Å². The number of thiophene rings is 1. The quantitative estimate of drug-likeness (QED) is 0.765. The molecule has 1 unspecified atom stereocenters. The van der Waals surface area contributed by atoms with Crippen LogP contribution in [0.25, 0.3) is 0 Å². The Labute approximate surface area is 109 Å². The van der Waals surface area contributed by atoms with Gasteiger partial charge in [0.25, 0.3) is 0 Å². The molecule has 90 valence electrons. The molecule has 2 nitrogen and oxygen atoms in total. The van der Waals surface area contributed by atoms with Crippen molar-refractivity contribution in [3.05, 3.63) is 20.8 Å². The van der Waals surface area contributed by atoms with Crippen LogP contribution >= 0.6 is 27.3 Å². The summed E-state index contributed by atoms with van der Waals surface area (Å²) in [6.45, 7) is 4.60. The lowest BCUT2D eigenvalue weighted by Gasteiger charge is -2.14. The van der Waals surface area contributed by atoms with Gasteiger partial charge in [-0.25, -0.2) is 0 Å². The van der Waals surface area contributed by atoms with Crippen LogP contribution < -0.4 is 0 Å². The maximum atomic E-state index is 12.0. The largest absolute Gasteiger partial charge is 0.371 e. The first-order valence-corrected chi connectivity index (χ1v) is 7.16.